The van der Waals surface area contributed by atoms with Crippen molar-refractivity contribution in [3.63, 3.8) is 0 Å². The Labute approximate surface area is 200 Å². The summed E-state index contributed by atoms with van der Waals surface area (Å²) in [5, 5.41) is 0. The fraction of sp³-hybridized carbons (Fsp3) is 0.516. The molecule has 33 heavy (non-hydrogen) atoms. The summed E-state index contributed by atoms with van der Waals surface area (Å²) in [4.78, 5) is 11.9. The first-order valence-electron chi connectivity index (χ1n) is 13.1. The molecular weight excluding hydrogens is 404 g/mol. The zero-order valence-electron chi connectivity index (χ0n) is 20.6. The monoisotopic (exact) mass is 444 g/mol. The third-order valence-corrected chi connectivity index (χ3v) is 8.38. The number of ether oxygens (including phenoxy) is 1. The van der Waals surface area contributed by atoms with Gasteiger partial charge in [-0.15, -0.1) is 0 Å². The lowest BCUT2D eigenvalue weighted by atomic mass is 9.51. The highest BCUT2D eigenvalue weighted by Gasteiger charge is 2.48. The largest absolute Gasteiger partial charge is 0.427 e. The van der Waals surface area contributed by atoms with Gasteiger partial charge in [0.15, 0.2) is 0 Å². The topological polar surface area (TPSA) is 26.3 Å². The second-order valence-electron chi connectivity index (χ2n) is 10.4. The van der Waals surface area contributed by atoms with Crippen LogP contribution in [0, 0.1) is 5.41 Å². The van der Waals surface area contributed by atoms with Crippen LogP contribution in [0.1, 0.15) is 96.5 Å². The van der Waals surface area contributed by atoms with E-state index >= 15 is 0 Å². The summed E-state index contributed by atoms with van der Waals surface area (Å²) in [5.41, 5.74) is 5.00. The molecule has 0 aliphatic heterocycles. The Morgan fingerprint density at radius 3 is 2.06 bits per heavy atom. The molecule has 2 aromatic carbocycles. The van der Waals surface area contributed by atoms with E-state index in [0.717, 1.165) is 12.0 Å². The first-order valence-corrected chi connectivity index (χ1v) is 13.1. The van der Waals surface area contributed by atoms with E-state index < -0.39 is 0 Å². The lowest BCUT2D eigenvalue weighted by molar-refractivity contribution is -0.134. The summed E-state index contributed by atoms with van der Waals surface area (Å²) in [6, 6.07) is 17.2. The summed E-state index contributed by atoms with van der Waals surface area (Å²) in [6.45, 7) is 4.27. The third kappa shape index (κ3) is 5.60. The van der Waals surface area contributed by atoms with Gasteiger partial charge in [0.2, 0.25) is 0 Å². The summed E-state index contributed by atoms with van der Waals surface area (Å²) < 4.78 is 5.45. The fourth-order valence-corrected chi connectivity index (χ4v) is 6.10. The Morgan fingerprint density at radius 2 is 1.48 bits per heavy atom. The maximum absolute atomic E-state index is 11.9. The summed E-state index contributed by atoms with van der Waals surface area (Å²) in [7, 11) is 0. The van der Waals surface area contributed by atoms with Crippen LogP contribution in [0.4, 0.5) is 0 Å². The van der Waals surface area contributed by atoms with Gasteiger partial charge < -0.3 is 4.74 Å². The molecule has 3 aliphatic rings. The zero-order valence-corrected chi connectivity index (χ0v) is 20.6. The van der Waals surface area contributed by atoms with E-state index in [1.54, 1.807) is 5.56 Å². The molecule has 0 N–H and O–H groups in total. The minimum atomic E-state index is -0.182. The van der Waals surface area contributed by atoms with Crippen molar-refractivity contribution in [1.82, 2.24) is 0 Å². The second-order valence-corrected chi connectivity index (χ2v) is 10.4. The first kappa shape index (κ1) is 23.8. The number of carbonyl (C=O) groups excluding carboxylic acids is 1. The number of rotatable bonds is 10. The number of carbonyl (C=O) groups is 1. The summed E-state index contributed by atoms with van der Waals surface area (Å²) in [6.07, 6.45) is 19.1. The number of benzene rings is 2. The lowest BCUT2D eigenvalue weighted by Crippen LogP contribution is -2.44. The minimum absolute atomic E-state index is 0.182. The van der Waals surface area contributed by atoms with Gasteiger partial charge in [0.05, 0.1) is 0 Å². The highest BCUT2D eigenvalue weighted by atomic mass is 16.5. The first-order chi connectivity index (χ1) is 16.1. The van der Waals surface area contributed by atoms with E-state index in [2.05, 4.69) is 31.2 Å². The van der Waals surface area contributed by atoms with Gasteiger partial charge in [-0.05, 0) is 97.9 Å². The van der Waals surface area contributed by atoms with Crippen molar-refractivity contribution in [3.05, 3.63) is 66.2 Å². The molecule has 2 aromatic rings. The summed E-state index contributed by atoms with van der Waals surface area (Å²) in [5.74, 6) is 0.436. The lowest BCUT2D eigenvalue weighted by Gasteiger charge is -2.54. The van der Waals surface area contributed by atoms with Crippen molar-refractivity contribution in [3.8, 4) is 16.9 Å². The van der Waals surface area contributed by atoms with Crippen LogP contribution in [0.2, 0.25) is 0 Å². The second kappa shape index (κ2) is 10.7. The third-order valence-electron chi connectivity index (χ3n) is 8.38. The van der Waals surface area contributed by atoms with Crippen molar-refractivity contribution in [2.45, 2.75) is 96.3 Å². The number of fused-ring (bicyclic) bond motifs is 3. The van der Waals surface area contributed by atoms with Gasteiger partial charge in [0.1, 0.15) is 5.75 Å². The molecule has 2 bridgehead atoms. The van der Waals surface area contributed by atoms with E-state index in [1.165, 1.54) is 69.8 Å². The van der Waals surface area contributed by atoms with Crippen molar-refractivity contribution in [2.75, 3.05) is 0 Å². The number of esters is 1. The van der Waals surface area contributed by atoms with Gasteiger partial charge in [0.25, 0.3) is 0 Å². The van der Waals surface area contributed by atoms with Gasteiger partial charge in [0, 0.05) is 6.42 Å². The van der Waals surface area contributed by atoms with Crippen LogP contribution < -0.4 is 4.74 Å². The van der Waals surface area contributed by atoms with Crippen molar-refractivity contribution < 1.29 is 9.53 Å². The molecule has 0 amide bonds. The number of hydrogen-bond acceptors (Lipinski definition) is 2. The SMILES string of the molecule is CC=CCCC(=O)Oc1ccc(-c2ccc(C34CCC(CCCCC)(CC3)CC4)cc2)cc1. The normalized spacial score (nSPS) is 24.3. The smallest absolute Gasteiger partial charge is 0.311 e. The summed E-state index contributed by atoms with van der Waals surface area (Å²) >= 11 is 0. The molecular formula is C31H40O2. The highest BCUT2D eigenvalue weighted by molar-refractivity contribution is 5.73. The van der Waals surface area contributed by atoms with Crippen LogP contribution in [0.3, 0.4) is 0 Å². The van der Waals surface area contributed by atoms with E-state index in [1.807, 2.05) is 43.3 Å². The molecule has 0 radical (unpaired) electrons. The Balaban J connectivity index is 1.36. The Morgan fingerprint density at radius 1 is 0.879 bits per heavy atom. The molecule has 0 aromatic heterocycles. The molecule has 3 fully saturated rings. The van der Waals surface area contributed by atoms with Crippen LogP contribution >= 0.6 is 0 Å². The van der Waals surface area contributed by atoms with Crippen LogP contribution in [-0.4, -0.2) is 5.97 Å². The molecule has 2 nitrogen and oxygen atoms in total. The Hall–Kier alpha value is -2.35. The molecule has 0 unspecified atom stereocenters. The predicted molar refractivity (Wildman–Crippen MR) is 138 cm³/mol. The van der Waals surface area contributed by atoms with Crippen molar-refractivity contribution >= 4 is 5.97 Å². The van der Waals surface area contributed by atoms with Gasteiger partial charge in [-0.3, -0.25) is 4.79 Å². The van der Waals surface area contributed by atoms with Gasteiger partial charge >= 0.3 is 5.97 Å². The average molecular weight is 445 g/mol. The van der Waals surface area contributed by atoms with Crippen molar-refractivity contribution in [2.24, 2.45) is 5.41 Å². The molecule has 0 heterocycles. The molecule has 0 saturated heterocycles. The predicted octanol–water partition coefficient (Wildman–Crippen LogP) is 8.79. The number of hydrogen-bond donors (Lipinski definition) is 0. The molecule has 176 valence electrons. The zero-order chi connectivity index (χ0) is 23.2. The fourth-order valence-electron chi connectivity index (χ4n) is 6.10. The van der Waals surface area contributed by atoms with E-state index in [0.29, 0.717) is 23.0 Å². The molecule has 0 spiro atoms. The van der Waals surface area contributed by atoms with Crippen LogP contribution in [0.25, 0.3) is 11.1 Å². The van der Waals surface area contributed by atoms with Gasteiger partial charge in [-0.2, -0.15) is 0 Å². The molecule has 5 rings (SSSR count). The minimum Gasteiger partial charge on any atom is -0.427 e. The maximum Gasteiger partial charge on any atom is 0.311 e. The Kier molecular flexibility index (Phi) is 7.73. The van der Waals surface area contributed by atoms with Crippen LogP contribution in [0.15, 0.2) is 60.7 Å². The molecule has 0 atom stereocenters. The van der Waals surface area contributed by atoms with Gasteiger partial charge in [-0.1, -0.05) is 74.7 Å². The number of allylic oxidation sites excluding steroid dienone is 2. The average Bonchev–Trinajstić information content (AvgIpc) is 2.86. The highest BCUT2D eigenvalue weighted by Crippen LogP contribution is 2.59. The maximum atomic E-state index is 11.9. The molecule has 2 heteroatoms. The van der Waals surface area contributed by atoms with Crippen LogP contribution in [-0.2, 0) is 10.2 Å². The van der Waals surface area contributed by atoms with E-state index in [4.69, 9.17) is 4.74 Å². The number of unbranched alkanes of at least 4 members (excludes halogenated alkanes) is 2. The van der Waals surface area contributed by atoms with Crippen LogP contribution in [0.5, 0.6) is 5.75 Å². The van der Waals surface area contributed by atoms with Crippen molar-refractivity contribution in [1.29, 1.82) is 0 Å². The van der Waals surface area contributed by atoms with E-state index in [9.17, 15) is 4.79 Å². The van der Waals surface area contributed by atoms with Gasteiger partial charge in [-0.25, -0.2) is 0 Å². The molecule has 3 saturated carbocycles. The Bertz CT molecular complexity index is 911. The van der Waals surface area contributed by atoms with E-state index in [-0.39, 0.29) is 5.97 Å². The molecule has 3 aliphatic carbocycles. The quantitative estimate of drug-likeness (QED) is 0.158. The standard InChI is InChI=1S/C31H40O2/c1-3-5-7-9-29(32)33-28-16-12-26(13-17-28)25-10-14-27(15-11-25)31-22-19-30(20-23-31,21-24-31)18-8-6-4-2/h3,5,10-17H,4,6-9,18-24H2,1-2H3.